The highest BCUT2D eigenvalue weighted by atomic mass is 16.6. The minimum absolute atomic E-state index is 0.0282. The first-order valence-corrected chi connectivity index (χ1v) is 7.78. The standard InChI is InChI=1S/C17H23NO4/c1-14(19)22-10-9-17(13-18(20)21)8-7-16(12-17)11-15-5-3-2-4-6-15/h2-6,16H,7-13H2,1H3. The van der Waals surface area contributed by atoms with Crippen molar-refractivity contribution in [1.29, 1.82) is 0 Å². The summed E-state index contributed by atoms with van der Waals surface area (Å²) >= 11 is 0. The highest BCUT2D eigenvalue weighted by Gasteiger charge is 2.43. The third kappa shape index (κ3) is 4.83. The van der Waals surface area contributed by atoms with Crippen molar-refractivity contribution in [1.82, 2.24) is 0 Å². The first kappa shape index (κ1) is 16.5. The number of carbonyl (C=O) groups excluding carboxylic acids is 1. The van der Waals surface area contributed by atoms with Crippen LogP contribution in [0, 0.1) is 21.4 Å². The molecule has 0 radical (unpaired) electrons. The lowest BCUT2D eigenvalue weighted by molar-refractivity contribution is -0.498. The van der Waals surface area contributed by atoms with Crippen molar-refractivity contribution < 1.29 is 14.5 Å². The van der Waals surface area contributed by atoms with E-state index >= 15 is 0 Å². The van der Waals surface area contributed by atoms with Crippen molar-refractivity contribution in [3.05, 3.63) is 46.0 Å². The van der Waals surface area contributed by atoms with Gasteiger partial charge in [0.2, 0.25) is 6.54 Å². The molecule has 0 saturated heterocycles. The van der Waals surface area contributed by atoms with Gasteiger partial charge in [-0.25, -0.2) is 0 Å². The SMILES string of the molecule is CC(=O)OCCC1(C[N+](=O)[O-])CCC(Cc2ccccc2)C1. The smallest absolute Gasteiger partial charge is 0.302 e. The molecule has 5 heteroatoms. The summed E-state index contributed by atoms with van der Waals surface area (Å²) in [4.78, 5) is 21.7. The van der Waals surface area contributed by atoms with Crippen LogP contribution in [0.4, 0.5) is 0 Å². The summed E-state index contributed by atoms with van der Waals surface area (Å²) in [6.07, 6.45) is 4.23. The average molecular weight is 305 g/mol. The van der Waals surface area contributed by atoms with Crippen LogP contribution >= 0.6 is 0 Å². The summed E-state index contributed by atoms with van der Waals surface area (Å²) in [5.41, 5.74) is 0.961. The van der Waals surface area contributed by atoms with Crippen LogP contribution in [0.15, 0.2) is 30.3 Å². The van der Waals surface area contributed by atoms with Crippen molar-refractivity contribution in [3.8, 4) is 0 Å². The van der Waals surface area contributed by atoms with E-state index in [1.54, 1.807) is 0 Å². The number of esters is 1. The maximum absolute atomic E-state index is 11.0. The Balaban J connectivity index is 1.95. The predicted molar refractivity (Wildman–Crippen MR) is 83.0 cm³/mol. The Labute approximate surface area is 130 Å². The molecule has 0 spiro atoms. The lowest BCUT2D eigenvalue weighted by atomic mass is 9.81. The Bertz CT molecular complexity index is 517. The Hall–Kier alpha value is -1.91. The molecule has 0 heterocycles. The van der Waals surface area contributed by atoms with Gasteiger partial charge in [-0.15, -0.1) is 0 Å². The third-order valence-corrected chi connectivity index (χ3v) is 4.57. The van der Waals surface area contributed by atoms with Crippen LogP contribution in [0.1, 0.15) is 38.2 Å². The first-order valence-electron chi connectivity index (χ1n) is 7.78. The van der Waals surface area contributed by atoms with Crippen molar-refractivity contribution in [2.24, 2.45) is 11.3 Å². The normalized spacial score (nSPS) is 24.1. The van der Waals surface area contributed by atoms with Crippen molar-refractivity contribution >= 4 is 5.97 Å². The van der Waals surface area contributed by atoms with E-state index < -0.39 is 0 Å². The molecule has 1 aromatic carbocycles. The molecule has 2 unspecified atom stereocenters. The molecule has 0 amide bonds. The van der Waals surface area contributed by atoms with Crippen LogP contribution in [-0.4, -0.2) is 24.0 Å². The summed E-state index contributed by atoms with van der Waals surface area (Å²) < 4.78 is 5.00. The molecule has 2 atom stereocenters. The second-order valence-electron chi connectivity index (χ2n) is 6.38. The molecule has 0 N–H and O–H groups in total. The van der Waals surface area contributed by atoms with Gasteiger partial charge in [-0.05, 0) is 43.6 Å². The highest BCUT2D eigenvalue weighted by Crippen LogP contribution is 2.45. The summed E-state index contributed by atoms with van der Waals surface area (Å²) in [7, 11) is 0. The number of carbonyl (C=O) groups is 1. The van der Waals surface area contributed by atoms with Gasteiger partial charge < -0.3 is 4.74 Å². The van der Waals surface area contributed by atoms with Crippen LogP contribution in [0.3, 0.4) is 0 Å². The van der Waals surface area contributed by atoms with Gasteiger partial charge in [-0.3, -0.25) is 14.9 Å². The summed E-state index contributed by atoms with van der Waals surface area (Å²) in [6, 6.07) is 10.2. The molecule has 1 saturated carbocycles. The fourth-order valence-electron chi connectivity index (χ4n) is 3.58. The number of ether oxygens (including phenoxy) is 1. The summed E-state index contributed by atoms with van der Waals surface area (Å²) in [5.74, 6) is 0.148. The summed E-state index contributed by atoms with van der Waals surface area (Å²) in [5, 5.41) is 11.0. The van der Waals surface area contributed by atoms with E-state index in [0.29, 0.717) is 12.3 Å². The number of hydrogen-bond donors (Lipinski definition) is 0. The largest absolute Gasteiger partial charge is 0.466 e. The van der Waals surface area contributed by atoms with Crippen molar-refractivity contribution in [2.75, 3.05) is 13.2 Å². The minimum atomic E-state index is -0.324. The second-order valence-corrected chi connectivity index (χ2v) is 6.38. The van der Waals surface area contributed by atoms with Gasteiger partial charge in [-0.1, -0.05) is 30.3 Å². The minimum Gasteiger partial charge on any atom is -0.466 e. The molecular formula is C17H23NO4. The quantitative estimate of drug-likeness (QED) is 0.440. The second kappa shape index (κ2) is 7.38. The Morgan fingerprint density at radius 3 is 2.77 bits per heavy atom. The maximum atomic E-state index is 11.0. The van der Waals surface area contributed by atoms with Crippen LogP contribution in [0.25, 0.3) is 0 Å². The number of nitrogens with zero attached hydrogens (tertiary/aromatic N) is 1. The molecule has 0 aromatic heterocycles. The molecule has 120 valence electrons. The van der Waals surface area contributed by atoms with Gasteiger partial charge in [0.25, 0.3) is 0 Å². The van der Waals surface area contributed by atoms with Gasteiger partial charge >= 0.3 is 5.97 Å². The molecule has 0 bridgehead atoms. The van der Waals surface area contributed by atoms with Crippen molar-refractivity contribution in [3.63, 3.8) is 0 Å². The van der Waals surface area contributed by atoms with Gasteiger partial charge in [0.05, 0.1) is 6.61 Å². The Kier molecular flexibility index (Phi) is 5.52. The van der Waals surface area contributed by atoms with E-state index in [1.165, 1.54) is 12.5 Å². The lowest BCUT2D eigenvalue weighted by Gasteiger charge is -2.24. The molecule has 1 aliphatic carbocycles. The van der Waals surface area contributed by atoms with E-state index in [2.05, 4.69) is 12.1 Å². The fraction of sp³-hybridized carbons (Fsp3) is 0.588. The molecule has 2 rings (SSSR count). The van der Waals surface area contributed by atoms with E-state index in [-0.39, 0.29) is 29.5 Å². The molecule has 1 aliphatic rings. The van der Waals surface area contributed by atoms with E-state index in [4.69, 9.17) is 4.74 Å². The lowest BCUT2D eigenvalue weighted by Crippen LogP contribution is -2.29. The maximum Gasteiger partial charge on any atom is 0.302 e. The summed E-state index contributed by atoms with van der Waals surface area (Å²) in [6.45, 7) is 1.62. The number of hydrogen-bond acceptors (Lipinski definition) is 4. The first-order chi connectivity index (χ1) is 10.5. The van der Waals surface area contributed by atoms with Crippen LogP contribution in [0.5, 0.6) is 0 Å². The van der Waals surface area contributed by atoms with Crippen molar-refractivity contribution in [2.45, 2.75) is 39.0 Å². The highest BCUT2D eigenvalue weighted by molar-refractivity contribution is 5.65. The van der Waals surface area contributed by atoms with E-state index in [0.717, 1.165) is 25.7 Å². The molecule has 0 aliphatic heterocycles. The number of nitro groups is 1. The van der Waals surface area contributed by atoms with Gasteiger partial charge in [0.15, 0.2) is 0 Å². The van der Waals surface area contributed by atoms with Gasteiger partial charge in [0, 0.05) is 17.3 Å². The van der Waals surface area contributed by atoms with Crippen LogP contribution in [-0.2, 0) is 16.0 Å². The van der Waals surface area contributed by atoms with Gasteiger partial charge in [0.1, 0.15) is 0 Å². The van der Waals surface area contributed by atoms with Crippen LogP contribution in [0.2, 0.25) is 0 Å². The third-order valence-electron chi connectivity index (χ3n) is 4.57. The van der Waals surface area contributed by atoms with E-state index in [9.17, 15) is 14.9 Å². The van der Waals surface area contributed by atoms with Gasteiger partial charge in [-0.2, -0.15) is 0 Å². The average Bonchev–Trinajstić information content (AvgIpc) is 2.81. The molecule has 1 fully saturated rings. The zero-order chi connectivity index (χ0) is 16.0. The molecule has 22 heavy (non-hydrogen) atoms. The topological polar surface area (TPSA) is 69.4 Å². The zero-order valence-electron chi connectivity index (χ0n) is 13.0. The fourth-order valence-corrected chi connectivity index (χ4v) is 3.58. The number of benzene rings is 1. The Morgan fingerprint density at radius 1 is 1.41 bits per heavy atom. The Morgan fingerprint density at radius 2 is 2.14 bits per heavy atom. The van der Waals surface area contributed by atoms with Crippen LogP contribution < -0.4 is 0 Å². The molecule has 1 aromatic rings. The number of rotatable bonds is 7. The van der Waals surface area contributed by atoms with E-state index in [1.807, 2.05) is 18.2 Å². The molecular weight excluding hydrogens is 282 g/mol. The zero-order valence-corrected chi connectivity index (χ0v) is 13.0. The monoisotopic (exact) mass is 305 g/mol. The molecule has 5 nitrogen and oxygen atoms in total. The predicted octanol–water partition coefficient (Wildman–Crippen LogP) is 3.25.